The van der Waals surface area contributed by atoms with Crippen LogP contribution in [0.1, 0.15) is 31.7 Å². The highest BCUT2D eigenvalue weighted by Crippen LogP contribution is 2.32. The fourth-order valence-electron chi connectivity index (χ4n) is 3.63. The Kier molecular flexibility index (Phi) is 7.84. The molecule has 2 amide bonds. The summed E-state index contributed by atoms with van der Waals surface area (Å²) in [6.45, 7) is 4.49. The lowest BCUT2D eigenvalue weighted by Crippen LogP contribution is -2.43. The predicted octanol–water partition coefficient (Wildman–Crippen LogP) is 5.02. The first-order chi connectivity index (χ1) is 15.4. The van der Waals surface area contributed by atoms with E-state index in [9.17, 15) is 9.59 Å². The number of amides is 2. The summed E-state index contributed by atoms with van der Waals surface area (Å²) in [5, 5.41) is 5.53. The van der Waals surface area contributed by atoms with Crippen molar-refractivity contribution in [1.29, 1.82) is 0 Å². The number of methoxy groups -OCH3 is 1. The fraction of sp³-hybridized carbons (Fsp3) is 0.308. The van der Waals surface area contributed by atoms with Crippen molar-refractivity contribution in [2.75, 3.05) is 19.0 Å². The van der Waals surface area contributed by atoms with E-state index in [0.717, 1.165) is 6.42 Å². The second-order valence-corrected chi connectivity index (χ2v) is 8.03. The summed E-state index contributed by atoms with van der Waals surface area (Å²) in [6.07, 6.45) is 6.05. The Labute approximate surface area is 189 Å². The van der Waals surface area contributed by atoms with Gasteiger partial charge in [0.15, 0.2) is 0 Å². The van der Waals surface area contributed by atoms with Gasteiger partial charge in [-0.2, -0.15) is 0 Å². The van der Waals surface area contributed by atoms with Gasteiger partial charge in [-0.05, 0) is 55.2 Å². The van der Waals surface area contributed by atoms with Gasteiger partial charge in [0.2, 0.25) is 0 Å². The van der Waals surface area contributed by atoms with Crippen molar-refractivity contribution in [3.8, 4) is 0 Å². The first-order valence-corrected chi connectivity index (χ1v) is 10.7. The molecule has 0 radical (unpaired) electrons. The summed E-state index contributed by atoms with van der Waals surface area (Å²) >= 11 is 0. The van der Waals surface area contributed by atoms with Crippen LogP contribution in [-0.4, -0.2) is 31.3 Å². The number of benzene rings is 2. The molecule has 0 spiro atoms. The van der Waals surface area contributed by atoms with Crippen LogP contribution in [0.5, 0.6) is 0 Å². The predicted molar refractivity (Wildman–Crippen MR) is 125 cm³/mol. The van der Waals surface area contributed by atoms with E-state index in [1.807, 2.05) is 43.3 Å². The summed E-state index contributed by atoms with van der Waals surface area (Å²) in [4.78, 5) is 24.8. The molecule has 0 heterocycles. The highest BCUT2D eigenvalue weighted by molar-refractivity contribution is 5.91. The summed E-state index contributed by atoms with van der Waals surface area (Å²) in [5.41, 5.74) is 1.56. The summed E-state index contributed by atoms with van der Waals surface area (Å²) < 4.78 is 11.2. The molecule has 0 aliphatic heterocycles. The summed E-state index contributed by atoms with van der Waals surface area (Å²) in [7, 11) is 1.35. The third-order valence-corrected chi connectivity index (χ3v) is 5.63. The minimum absolute atomic E-state index is 0.332. The molecule has 32 heavy (non-hydrogen) atoms. The molecule has 3 rings (SSSR count). The molecule has 0 aromatic heterocycles. The normalized spacial score (nSPS) is 20.7. The molecule has 6 heteroatoms. The molecular weight excluding hydrogens is 404 g/mol. The van der Waals surface area contributed by atoms with Crippen molar-refractivity contribution in [2.45, 2.75) is 31.8 Å². The molecule has 168 valence electrons. The summed E-state index contributed by atoms with van der Waals surface area (Å²) in [5.74, 6) is -0.773. The van der Waals surface area contributed by atoms with Gasteiger partial charge in [-0.15, -0.1) is 0 Å². The highest BCUT2D eigenvalue weighted by Gasteiger charge is 2.40. The number of hydrogen-bond acceptors (Lipinski definition) is 4. The van der Waals surface area contributed by atoms with E-state index in [4.69, 9.17) is 9.47 Å². The Morgan fingerprint density at radius 2 is 1.69 bits per heavy atom. The summed E-state index contributed by atoms with van der Waals surface area (Å²) in [6, 6.07) is 19.0. The van der Waals surface area contributed by atoms with Gasteiger partial charge in [-0.3, -0.25) is 4.79 Å². The van der Waals surface area contributed by atoms with Crippen LogP contribution >= 0.6 is 0 Å². The number of hydrogen-bond donors (Lipinski definition) is 2. The number of rotatable bonds is 8. The third kappa shape index (κ3) is 6.08. The number of nitrogens with one attached hydrogen (secondary N) is 2. The monoisotopic (exact) mass is 434 g/mol. The minimum atomic E-state index is -0.870. The maximum absolute atomic E-state index is 12.5. The van der Waals surface area contributed by atoms with Crippen LogP contribution in [0.15, 0.2) is 84.6 Å². The molecule has 2 aromatic rings. The number of para-hydroxylation sites is 1. The van der Waals surface area contributed by atoms with E-state index in [1.165, 1.54) is 12.7 Å². The van der Waals surface area contributed by atoms with Gasteiger partial charge in [0, 0.05) is 18.0 Å². The quantitative estimate of drug-likeness (QED) is 0.572. The first kappa shape index (κ1) is 23.3. The Morgan fingerprint density at radius 3 is 2.34 bits per heavy atom. The van der Waals surface area contributed by atoms with Crippen LogP contribution in [0.4, 0.5) is 10.5 Å². The molecule has 0 saturated heterocycles. The van der Waals surface area contributed by atoms with E-state index in [2.05, 4.69) is 29.7 Å². The molecule has 0 bridgehead atoms. The second kappa shape index (κ2) is 10.8. The lowest BCUT2D eigenvalue weighted by Gasteiger charge is -2.35. The van der Waals surface area contributed by atoms with Gasteiger partial charge < -0.3 is 20.1 Å². The largest absolute Gasteiger partial charge is 0.468 e. The maximum Gasteiger partial charge on any atom is 0.323 e. The van der Waals surface area contributed by atoms with Gasteiger partial charge in [-0.1, -0.05) is 55.5 Å². The zero-order valence-corrected chi connectivity index (χ0v) is 18.7. The Hall–Kier alpha value is -3.38. The topological polar surface area (TPSA) is 76.7 Å². The molecule has 2 aromatic carbocycles. The minimum Gasteiger partial charge on any atom is -0.468 e. The van der Waals surface area contributed by atoms with E-state index in [1.54, 1.807) is 30.4 Å². The van der Waals surface area contributed by atoms with Crippen molar-refractivity contribution < 1.29 is 19.1 Å². The van der Waals surface area contributed by atoms with Crippen LogP contribution < -0.4 is 10.6 Å². The average molecular weight is 435 g/mol. The molecule has 0 fully saturated rings. The van der Waals surface area contributed by atoms with Crippen LogP contribution in [0.2, 0.25) is 0 Å². The van der Waals surface area contributed by atoms with Gasteiger partial charge in [0.25, 0.3) is 0 Å². The van der Waals surface area contributed by atoms with E-state index in [-0.39, 0.29) is 0 Å². The molecule has 0 saturated carbocycles. The van der Waals surface area contributed by atoms with Crippen LogP contribution in [-0.2, 0) is 14.3 Å². The Bertz CT molecular complexity index is 972. The van der Waals surface area contributed by atoms with Crippen LogP contribution in [0, 0.1) is 5.92 Å². The first-order valence-electron chi connectivity index (χ1n) is 10.7. The van der Waals surface area contributed by atoms with E-state index >= 15 is 0 Å². The number of anilines is 1. The number of carbonyl (C=O) groups excluding carboxylic acids is 2. The molecular formula is C26H30N2O4. The van der Waals surface area contributed by atoms with E-state index < -0.39 is 23.5 Å². The number of urea groups is 1. The SMILES string of the molecule is COC(=O)C1C=C(NC(=O)Nc2ccccc2)C=CC1(C)OCCC(C)c1ccccc1. The highest BCUT2D eigenvalue weighted by atomic mass is 16.5. The molecule has 3 atom stereocenters. The average Bonchev–Trinajstić information content (AvgIpc) is 2.81. The zero-order valence-electron chi connectivity index (χ0n) is 18.7. The van der Waals surface area contributed by atoms with Gasteiger partial charge in [0.05, 0.1) is 7.11 Å². The number of esters is 1. The smallest absolute Gasteiger partial charge is 0.323 e. The standard InChI is InChI=1S/C26H30N2O4/c1-19(20-10-6-4-7-11-20)15-17-32-26(2)16-14-22(18-23(26)24(29)31-3)28-25(30)27-21-12-8-5-9-13-21/h4-14,16,18-19,23H,15,17H2,1-3H3,(H2,27,28,30). The van der Waals surface area contributed by atoms with E-state index in [0.29, 0.717) is 23.9 Å². The van der Waals surface area contributed by atoms with Crippen molar-refractivity contribution >= 4 is 17.7 Å². The van der Waals surface area contributed by atoms with Crippen LogP contribution in [0.3, 0.4) is 0 Å². The molecule has 1 aliphatic carbocycles. The molecule has 6 nitrogen and oxygen atoms in total. The van der Waals surface area contributed by atoms with Crippen molar-refractivity contribution in [2.24, 2.45) is 5.92 Å². The lowest BCUT2D eigenvalue weighted by atomic mass is 9.84. The molecule has 2 N–H and O–H groups in total. The second-order valence-electron chi connectivity index (χ2n) is 8.03. The lowest BCUT2D eigenvalue weighted by molar-refractivity contribution is -0.152. The maximum atomic E-state index is 12.5. The molecule has 1 aliphatic rings. The Balaban J connectivity index is 1.62. The van der Waals surface area contributed by atoms with Crippen molar-refractivity contribution in [1.82, 2.24) is 5.32 Å². The Morgan fingerprint density at radius 1 is 1.03 bits per heavy atom. The molecule has 3 unspecified atom stereocenters. The van der Waals surface area contributed by atoms with Crippen molar-refractivity contribution in [3.05, 3.63) is 90.2 Å². The number of ether oxygens (including phenoxy) is 2. The van der Waals surface area contributed by atoms with Crippen molar-refractivity contribution in [3.63, 3.8) is 0 Å². The van der Waals surface area contributed by atoms with Crippen LogP contribution in [0.25, 0.3) is 0 Å². The van der Waals surface area contributed by atoms with Gasteiger partial charge in [0.1, 0.15) is 11.5 Å². The number of allylic oxidation sites excluding steroid dienone is 1. The van der Waals surface area contributed by atoms with Gasteiger partial charge >= 0.3 is 12.0 Å². The fourth-order valence-corrected chi connectivity index (χ4v) is 3.63. The third-order valence-electron chi connectivity index (χ3n) is 5.63. The van der Waals surface area contributed by atoms with Gasteiger partial charge in [-0.25, -0.2) is 4.79 Å². The number of carbonyl (C=O) groups is 2. The zero-order chi connectivity index (χ0) is 23.0.